The second-order valence-electron chi connectivity index (χ2n) is 3.45. The van der Waals surface area contributed by atoms with E-state index in [1.807, 2.05) is 0 Å². The molecule has 1 aromatic rings. The van der Waals surface area contributed by atoms with Crippen LogP contribution in [0.3, 0.4) is 0 Å². The van der Waals surface area contributed by atoms with Gasteiger partial charge in [0.1, 0.15) is 5.76 Å². The van der Waals surface area contributed by atoms with E-state index in [-0.39, 0.29) is 24.3 Å². The molecule has 0 spiro atoms. The molecule has 15 heavy (non-hydrogen) atoms. The molecule has 0 bridgehead atoms. The fraction of sp³-hybridized carbons (Fsp3) is 0.444. The van der Waals surface area contributed by atoms with Crippen LogP contribution in [-0.2, 0) is 6.42 Å². The Kier molecular flexibility index (Phi) is 2.21. The molecule has 1 N–H and O–H groups in total. The number of alkyl halides is 3. The molecule has 1 aliphatic carbocycles. The van der Waals surface area contributed by atoms with E-state index in [0.717, 1.165) is 0 Å². The van der Waals surface area contributed by atoms with Gasteiger partial charge in [0, 0.05) is 18.4 Å². The van der Waals surface area contributed by atoms with Crippen LogP contribution in [-0.4, -0.2) is 17.1 Å². The summed E-state index contributed by atoms with van der Waals surface area (Å²) in [6.45, 7) is 0. The summed E-state index contributed by atoms with van der Waals surface area (Å²) in [7, 11) is 0. The third-order valence-electron chi connectivity index (χ3n) is 2.51. The summed E-state index contributed by atoms with van der Waals surface area (Å²) in [5, 5.41) is 11.5. The molecular formula is C9H8F3NO2. The monoisotopic (exact) mass is 219 g/mol. The van der Waals surface area contributed by atoms with Crippen LogP contribution >= 0.6 is 0 Å². The lowest BCUT2D eigenvalue weighted by Gasteiger charge is -2.23. The normalized spacial score (nSPS) is 24.2. The molecule has 3 nitrogen and oxygen atoms in total. The smallest absolute Gasteiger partial charge is 0.392 e. The van der Waals surface area contributed by atoms with Crippen LogP contribution in [0.1, 0.15) is 17.7 Å². The Hall–Kier alpha value is -1.46. The molecule has 0 saturated carbocycles. The predicted octanol–water partition coefficient (Wildman–Crippen LogP) is 2.58. The lowest BCUT2D eigenvalue weighted by atomic mass is 9.86. The number of furan rings is 1. The van der Waals surface area contributed by atoms with Crippen molar-refractivity contribution in [2.75, 3.05) is 0 Å². The van der Waals surface area contributed by atoms with Gasteiger partial charge >= 0.3 is 6.18 Å². The first-order valence-electron chi connectivity index (χ1n) is 4.36. The highest BCUT2D eigenvalue weighted by atomic mass is 19.4. The number of fused-ring (bicyclic) bond motifs is 1. The third-order valence-corrected chi connectivity index (χ3v) is 2.51. The van der Waals surface area contributed by atoms with Crippen LogP contribution in [0.25, 0.3) is 0 Å². The highest BCUT2D eigenvalue weighted by Gasteiger charge is 2.44. The molecule has 0 fully saturated rings. The molecule has 6 heteroatoms. The van der Waals surface area contributed by atoms with Crippen LogP contribution in [0.4, 0.5) is 13.2 Å². The molecule has 1 heterocycles. The molecule has 1 atom stereocenters. The number of hydrogen-bond acceptors (Lipinski definition) is 3. The van der Waals surface area contributed by atoms with Crippen molar-refractivity contribution in [1.29, 1.82) is 0 Å². The molecule has 0 radical (unpaired) electrons. The minimum absolute atomic E-state index is 0.0346. The van der Waals surface area contributed by atoms with E-state index in [1.54, 1.807) is 0 Å². The van der Waals surface area contributed by atoms with Crippen molar-refractivity contribution in [1.82, 2.24) is 0 Å². The van der Waals surface area contributed by atoms with Crippen LogP contribution < -0.4 is 0 Å². The Bertz CT molecular complexity index is 394. The molecule has 0 aromatic carbocycles. The van der Waals surface area contributed by atoms with Crippen molar-refractivity contribution >= 4 is 5.71 Å². The first-order valence-corrected chi connectivity index (χ1v) is 4.36. The highest BCUT2D eigenvalue weighted by Crippen LogP contribution is 2.37. The zero-order valence-electron chi connectivity index (χ0n) is 7.58. The maximum atomic E-state index is 12.5. The molecule has 2 rings (SSSR count). The number of nitrogens with zero attached hydrogens (tertiary/aromatic N) is 1. The maximum Gasteiger partial charge on any atom is 0.392 e. The van der Waals surface area contributed by atoms with E-state index in [9.17, 15) is 13.2 Å². The molecule has 1 unspecified atom stereocenters. The Balaban J connectivity index is 2.35. The molecule has 0 aliphatic heterocycles. The average molecular weight is 219 g/mol. The van der Waals surface area contributed by atoms with Gasteiger partial charge in [0.2, 0.25) is 0 Å². The maximum absolute atomic E-state index is 12.5. The first kappa shape index (κ1) is 10.1. The van der Waals surface area contributed by atoms with Gasteiger partial charge in [-0.05, 0) is 6.07 Å². The summed E-state index contributed by atoms with van der Waals surface area (Å²) >= 11 is 0. The summed E-state index contributed by atoms with van der Waals surface area (Å²) < 4.78 is 42.3. The molecule has 82 valence electrons. The van der Waals surface area contributed by atoms with E-state index in [2.05, 4.69) is 5.16 Å². The minimum Gasteiger partial charge on any atom is -0.469 e. The highest BCUT2D eigenvalue weighted by molar-refractivity contribution is 6.02. The van der Waals surface area contributed by atoms with Gasteiger partial charge in [-0.2, -0.15) is 13.2 Å². The largest absolute Gasteiger partial charge is 0.469 e. The average Bonchev–Trinajstić information content (AvgIpc) is 2.62. The summed E-state index contributed by atoms with van der Waals surface area (Å²) in [6, 6.07) is 1.51. The van der Waals surface area contributed by atoms with E-state index in [4.69, 9.17) is 9.62 Å². The number of hydrogen-bond donors (Lipinski definition) is 1. The quantitative estimate of drug-likeness (QED) is 0.538. The van der Waals surface area contributed by atoms with Crippen molar-refractivity contribution < 1.29 is 22.8 Å². The Morgan fingerprint density at radius 2 is 2.13 bits per heavy atom. The van der Waals surface area contributed by atoms with Crippen molar-refractivity contribution in [2.45, 2.75) is 19.0 Å². The minimum atomic E-state index is -4.29. The van der Waals surface area contributed by atoms with Crippen LogP contribution in [0.2, 0.25) is 0 Å². The summed E-state index contributed by atoms with van der Waals surface area (Å²) in [5.41, 5.74) is 0.505. The van der Waals surface area contributed by atoms with Gasteiger partial charge in [-0.1, -0.05) is 5.16 Å². The zero-order valence-corrected chi connectivity index (χ0v) is 7.58. The second kappa shape index (κ2) is 3.29. The van der Waals surface area contributed by atoms with E-state index in [0.29, 0.717) is 5.56 Å². The number of halogens is 3. The number of oxime groups is 1. The van der Waals surface area contributed by atoms with Crippen LogP contribution in [0.15, 0.2) is 21.9 Å². The van der Waals surface area contributed by atoms with Gasteiger partial charge in [-0.15, -0.1) is 0 Å². The molecule has 0 amide bonds. The van der Waals surface area contributed by atoms with E-state index < -0.39 is 12.1 Å². The van der Waals surface area contributed by atoms with Gasteiger partial charge < -0.3 is 9.62 Å². The topological polar surface area (TPSA) is 45.7 Å². The summed E-state index contributed by atoms with van der Waals surface area (Å²) in [6.07, 6.45) is -3.48. The summed E-state index contributed by atoms with van der Waals surface area (Å²) in [5.74, 6) is -1.29. The van der Waals surface area contributed by atoms with Crippen molar-refractivity contribution in [3.05, 3.63) is 23.7 Å². The van der Waals surface area contributed by atoms with Gasteiger partial charge in [0.05, 0.1) is 17.9 Å². The second-order valence-corrected chi connectivity index (χ2v) is 3.45. The molecule has 0 saturated heterocycles. The zero-order chi connectivity index (χ0) is 11.1. The van der Waals surface area contributed by atoms with Gasteiger partial charge in [-0.3, -0.25) is 0 Å². The van der Waals surface area contributed by atoms with E-state index >= 15 is 0 Å². The van der Waals surface area contributed by atoms with Crippen molar-refractivity contribution in [3.8, 4) is 0 Å². The van der Waals surface area contributed by atoms with Gasteiger partial charge in [0.15, 0.2) is 0 Å². The Morgan fingerprint density at radius 1 is 1.40 bits per heavy atom. The fourth-order valence-corrected chi connectivity index (χ4v) is 1.72. The Morgan fingerprint density at radius 3 is 2.73 bits per heavy atom. The first-order chi connectivity index (χ1) is 7.02. The Labute approximate surface area is 83.2 Å². The van der Waals surface area contributed by atoms with Gasteiger partial charge in [-0.25, -0.2) is 0 Å². The van der Waals surface area contributed by atoms with Crippen molar-refractivity contribution in [3.63, 3.8) is 0 Å². The van der Waals surface area contributed by atoms with Crippen molar-refractivity contribution in [2.24, 2.45) is 11.1 Å². The molecular weight excluding hydrogens is 211 g/mol. The standard InChI is InChI=1S/C9H8F3NO2/c10-9(11,12)5-3-7(13-14)6-1-2-15-8(6)4-5/h1-2,5,14H,3-4H2/b13-7+. The third kappa shape index (κ3) is 1.71. The number of rotatable bonds is 0. The lowest BCUT2D eigenvalue weighted by molar-refractivity contribution is -0.173. The van der Waals surface area contributed by atoms with Gasteiger partial charge in [0.25, 0.3) is 0 Å². The predicted molar refractivity (Wildman–Crippen MR) is 44.9 cm³/mol. The van der Waals surface area contributed by atoms with Crippen LogP contribution in [0, 0.1) is 5.92 Å². The summed E-state index contributed by atoms with van der Waals surface area (Å²) in [4.78, 5) is 0. The van der Waals surface area contributed by atoms with Crippen LogP contribution in [0.5, 0.6) is 0 Å². The van der Waals surface area contributed by atoms with E-state index in [1.165, 1.54) is 12.3 Å². The fourth-order valence-electron chi connectivity index (χ4n) is 1.72. The molecule has 1 aromatic heterocycles. The molecule has 1 aliphatic rings. The SMILES string of the molecule is O/N=C1\CC(C(F)(F)F)Cc2occc21. The lowest BCUT2D eigenvalue weighted by Crippen LogP contribution is -2.31.